The largest absolute Gasteiger partial charge is 0.454 e. The van der Waals surface area contributed by atoms with Crippen LogP contribution >= 0.6 is 11.3 Å². The third kappa shape index (κ3) is 2.73. The maximum atomic E-state index is 6.36. The van der Waals surface area contributed by atoms with Crippen LogP contribution in [-0.4, -0.2) is 39.9 Å². The molecule has 3 aliphatic heterocycles. The number of hydrogen-bond donors (Lipinski definition) is 0. The quantitative estimate of drug-likeness (QED) is 0.679. The number of nitrogens with zero attached hydrogens (tertiary/aromatic N) is 3. The van der Waals surface area contributed by atoms with Gasteiger partial charge in [0, 0.05) is 30.6 Å². The summed E-state index contributed by atoms with van der Waals surface area (Å²) >= 11 is 1.72. The molecule has 0 unspecified atom stereocenters. The van der Waals surface area contributed by atoms with Gasteiger partial charge in [-0.2, -0.15) is 11.3 Å². The molecule has 0 radical (unpaired) electrons. The predicted molar refractivity (Wildman–Crippen MR) is 106 cm³/mol. The van der Waals surface area contributed by atoms with Crippen molar-refractivity contribution in [2.75, 3.05) is 19.9 Å². The Morgan fingerprint density at radius 1 is 1.14 bits per heavy atom. The highest BCUT2D eigenvalue weighted by atomic mass is 32.1. The van der Waals surface area contributed by atoms with Gasteiger partial charge in [0.2, 0.25) is 6.79 Å². The number of fused-ring (bicyclic) bond motifs is 2. The Balaban J connectivity index is 1.20. The van der Waals surface area contributed by atoms with Crippen LogP contribution in [0.2, 0.25) is 0 Å². The number of hydrogen-bond acceptors (Lipinski definition) is 6. The SMILES string of the molecule is c1cc(-c2cnc3n2C[C@@]2(CCN(Cc4ccc5c(c4)OCO5)C2)OC3)cs1. The number of likely N-dealkylation sites (tertiary alicyclic amines) is 1. The highest BCUT2D eigenvalue weighted by molar-refractivity contribution is 7.08. The Kier molecular flexibility index (Phi) is 3.75. The summed E-state index contributed by atoms with van der Waals surface area (Å²) in [4.78, 5) is 7.07. The maximum absolute atomic E-state index is 6.36. The highest BCUT2D eigenvalue weighted by Crippen LogP contribution is 2.37. The smallest absolute Gasteiger partial charge is 0.231 e. The predicted octanol–water partition coefficient (Wildman–Crippen LogP) is 3.52. The standard InChI is InChI=1S/C21H21N3O3S/c1-2-18-19(26-14-25-18)7-15(1)9-23-5-4-21(12-23)13-24-17(16-3-6-28-11-16)8-22-20(24)10-27-21/h1-3,6-8,11H,4-5,9-10,12-14H2/t21-/m0/s1. The fourth-order valence-electron chi connectivity index (χ4n) is 4.50. The minimum Gasteiger partial charge on any atom is -0.454 e. The third-order valence-corrected chi connectivity index (χ3v) is 6.63. The number of benzene rings is 1. The second kappa shape index (κ2) is 6.34. The van der Waals surface area contributed by atoms with Crippen molar-refractivity contribution in [1.82, 2.24) is 14.5 Å². The van der Waals surface area contributed by atoms with Gasteiger partial charge >= 0.3 is 0 Å². The third-order valence-electron chi connectivity index (χ3n) is 5.95. The van der Waals surface area contributed by atoms with Crippen molar-refractivity contribution in [3.63, 3.8) is 0 Å². The molecular weight excluding hydrogens is 374 g/mol. The van der Waals surface area contributed by atoms with Gasteiger partial charge in [0.05, 0.1) is 18.4 Å². The lowest BCUT2D eigenvalue weighted by Gasteiger charge is -2.35. The van der Waals surface area contributed by atoms with Gasteiger partial charge in [-0.3, -0.25) is 4.90 Å². The molecule has 0 saturated carbocycles. The molecule has 0 amide bonds. The van der Waals surface area contributed by atoms with Crippen LogP contribution in [0.4, 0.5) is 0 Å². The number of ether oxygens (including phenoxy) is 3. The zero-order chi connectivity index (χ0) is 18.6. The lowest BCUT2D eigenvalue weighted by molar-refractivity contribution is -0.0821. The summed E-state index contributed by atoms with van der Waals surface area (Å²) in [5, 5.41) is 4.31. The van der Waals surface area contributed by atoms with Crippen molar-refractivity contribution in [3.8, 4) is 22.8 Å². The van der Waals surface area contributed by atoms with E-state index in [1.165, 1.54) is 16.8 Å². The summed E-state index contributed by atoms with van der Waals surface area (Å²) in [5.41, 5.74) is 3.57. The molecule has 5 heterocycles. The second-order valence-corrected chi connectivity index (χ2v) is 8.56. The van der Waals surface area contributed by atoms with E-state index < -0.39 is 0 Å². The average molecular weight is 395 g/mol. The summed E-state index contributed by atoms with van der Waals surface area (Å²) in [5.74, 6) is 2.72. The van der Waals surface area contributed by atoms with E-state index >= 15 is 0 Å². The van der Waals surface area contributed by atoms with Crippen LogP contribution in [-0.2, 0) is 24.4 Å². The van der Waals surface area contributed by atoms with Crippen LogP contribution in [0.15, 0.2) is 41.2 Å². The Morgan fingerprint density at radius 3 is 3.04 bits per heavy atom. The van der Waals surface area contributed by atoms with Crippen LogP contribution in [0.3, 0.4) is 0 Å². The number of aromatic nitrogens is 2. The molecule has 3 aromatic rings. The van der Waals surface area contributed by atoms with Gasteiger partial charge in [0.1, 0.15) is 18.0 Å². The second-order valence-electron chi connectivity index (χ2n) is 7.78. The molecule has 0 N–H and O–H groups in total. The van der Waals surface area contributed by atoms with Crippen LogP contribution < -0.4 is 9.47 Å². The van der Waals surface area contributed by atoms with Gasteiger partial charge in [0.25, 0.3) is 0 Å². The van der Waals surface area contributed by atoms with Gasteiger partial charge in [0.15, 0.2) is 11.5 Å². The van der Waals surface area contributed by atoms with Crippen molar-refractivity contribution in [2.24, 2.45) is 0 Å². The number of rotatable bonds is 3. The van der Waals surface area contributed by atoms with Crippen LogP contribution in [0.1, 0.15) is 17.8 Å². The molecule has 1 saturated heterocycles. The Morgan fingerprint density at radius 2 is 2.11 bits per heavy atom. The van der Waals surface area contributed by atoms with E-state index in [2.05, 4.69) is 43.4 Å². The van der Waals surface area contributed by atoms with Crippen LogP contribution in [0, 0.1) is 0 Å². The minimum atomic E-state index is -0.130. The molecule has 0 bridgehead atoms. The van der Waals surface area contributed by atoms with Crippen molar-refractivity contribution in [1.29, 1.82) is 0 Å². The van der Waals surface area contributed by atoms with Gasteiger partial charge in [-0.25, -0.2) is 4.98 Å². The first-order valence-electron chi connectivity index (χ1n) is 9.60. The Hall–Kier alpha value is -2.35. The molecule has 7 heteroatoms. The molecule has 0 aliphatic carbocycles. The van der Waals surface area contributed by atoms with E-state index in [1.807, 2.05) is 12.3 Å². The summed E-state index contributed by atoms with van der Waals surface area (Å²) in [6.07, 6.45) is 3.03. The highest BCUT2D eigenvalue weighted by Gasteiger charge is 2.43. The van der Waals surface area contributed by atoms with Crippen molar-refractivity contribution in [3.05, 3.63) is 52.6 Å². The van der Waals surface area contributed by atoms with E-state index in [1.54, 1.807) is 11.3 Å². The molecule has 3 aliphatic rings. The lowest BCUT2D eigenvalue weighted by atomic mass is 10.0. The monoisotopic (exact) mass is 395 g/mol. The zero-order valence-electron chi connectivity index (χ0n) is 15.5. The zero-order valence-corrected chi connectivity index (χ0v) is 16.3. The molecule has 144 valence electrons. The summed E-state index contributed by atoms with van der Waals surface area (Å²) in [6.45, 7) is 4.64. The first-order valence-corrected chi connectivity index (χ1v) is 10.5. The Bertz CT molecular complexity index is 1020. The van der Waals surface area contributed by atoms with E-state index in [4.69, 9.17) is 14.2 Å². The van der Waals surface area contributed by atoms with E-state index in [0.29, 0.717) is 13.4 Å². The van der Waals surface area contributed by atoms with Crippen LogP contribution in [0.5, 0.6) is 11.5 Å². The van der Waals surface area contributed by atoms with Gasteiger partial charge in [-0.15, -0.1) is 0 Å². The first-order chi connectivity index (χ1) is 13.8. The molecule has 28 heavy (non-hydrogen) atoms. The summed E-state index contributed by atoms with van der Waals surface area (Å²) < 4.78 is 19.6. The fraction of sp³-hybridized carbons (Fsp3) is 0.381. The molecule has 1 fully saturated rings. The molecule has 6 nitrogen and oxygen atoms in total. The average Bonchev–Trinajstić information content (AvgIpc) is 3.48. The molecule has 2 aromatic heterocycles. The van der Waals surface area contributed by atoms with Crippen LogP contribution in [0.25, 0.3) is 11.3 Å². The topological polar surface area (TPSA) is 48.8 Å². The summed E-state index contributed by atoms with van der Waals surface area (Å²) in [7, 11) is 0. The van der Waals surface area contributed by atoms with E-state index in [9.17, 15) is 0 Å². The molecular formula is C21H21N3O3S. The van der Waals surface area contributed by atoms with Gasteiger partial charge in [-0.1, -0.05) is 6.07 Å². The van der Waals surface area contributed by atoms with E-state index in [-0.39, 0.29) is 5.60 Å². The Labute approximate surface area is 167 Å². The van der Waals surface area contributed by atoms with Crippen molar-refractivity contribution >= 4 is 11.3 Å². The van der Waals surface area contributed by atoms with Gasteiger partial charge < -0.3 is 18.8 Å². The normalized spacial score (nSPS) is 23.4. The fourth-order valence-corrected chi connectivity index (χ4v) is 5.15. The maximum Gasteiger partial charge on any atom is 0.231 e. The molecule has 1 aromatic carbocycles. The summed E-state index contributed by atoms with van der Waals surface area (Å²) in [6, 6.07) is 8.39. The number of imidazole rings is 1. The molecule has 6 rings (SSSR count). The first kappa shape index (κ1) is 16.6. The number of thiophene rings is 1. The molecule has 1 spiro atoms. The van der Waals surface area contributed by atoms with Crippen molar-refractivity contribution < 1.29 is 14.2 Å². The molecule has 1 atom stereocenters. The van der Waals surface area contributed by atoms with E-state index in [0.717, 1.165) is 49.9 Å². The lowest BCUT2D eigenvalue weighted by Crippen LogP contribution is -2.44. The minimum absolute atomic E-state index is 0.130. The van der Waals surface area contributed by atoms with Crippen molar-refractivity contribution in [2.45, 2.75) is 31.7 Å². The van der Waals surface area contributed by atoms with Gasteiger partial charge in [-0.05, 0) is 35.6 Å².